The van der Waals surface area contributed by atoms with Crippen molar-refractivity contribution >= 4 is 23.2 Å². The molecule has 0 heterocycles. The molecule has 24 heavy (non-hydrogen) atoms. The number of nitrogens with one attached hydrogen (secondary N) is 1. The molecular weight excluding hydrogens is 313 g/mol. The Hall–Kier alpha value is -3.22. The Balaban J connectivity index is 1.89. The third-order valence-electron chi connectivity index (χ3n) is 3.05. The first kappa shape index (κ1) is 17.1. The molecule has 2 rings (SSSR count). The van der Waals surface area contributed by atoms with E-state index in [0.717, 1.165) is 0 Å². The SMILES string of the molecule is CC(=O)c1cccc(NC(=O)CO/N=C(/N)c2ccc(F)cc2)c1. The summed E-state index contributed by atoms with van der Waals surface area (Å²) in [4.78, 5) is 28.0. The molecule has 0 saturated heterocycles. The van der Waals surface area contributed by atoms with E-state index in [2.05, 4.69) is 10.5 Å². The van der Waals surface area contributed by atoms with Crippen LogP contribution in [-0.4, -0.2) is 24.1 Å². The van der Waals surface area contributed by atoms with Gasteiger partial charge in [0.25, 0.3) is 5.91 Å². The van der Waals surface area contributed by atoms with Crippen LogP contribution in [0.2, 0.25) is 0 Å². The summed E-state index contributed by atoms with van der Waals surface area (Å²) in [6.07, 6.45) is 0. The Morgan fingerprint density at radius 3 is 2.54 bits per heavy atom. The molecule has 7 heteroatoms. The van der Waals surface area contributed by atoms with Crippen molar-refractivity contribution in [2.45, 2.75) is 6.92 Å². The molecular formula is C17H16FN3O3. The third-order valence-corrected chi connectivity index (χ3v) is 3.05. The highest BCUT2D eigenvalue weighted by Gasteiger charge is 2.06. The number of carbonyl (C=O) groups is 2. The molecule has 0 radical (unpaired) electrons. The summed E-state index contributed by atoms with van der Waals surface area (Å²) in [5.74, 6) is -0.911. The molecule has 0 aliphatic rings. The van der Waals surface area contributed by atoms with Gasteiger partial charge in [-0.1, -0.05) is 17.3 Å². The highest BCUT2D eigenvalue weighted by molar-refractivity contribution is 5.98. The molecule has 124 valence electrons. The highest BCUT2D eigenvalue weighted by Crippen LogP contribution is 2.11. The number of halogens is 1. The van der Waals surface area contributed by atoms with Crippen molar-refractivity contribution in [1.29, 1.82) is 0 Å². The van der Waals surface area contributed by atoms with Crippen molar-refractivity contribution in [3.8, 4) is 0 Å². The van der Waals surface area contributed by atoms with Crippen LogP contribution in [-0.2, 0) is 9.63 Å². The summed E-state index contributed by atoms with van der Waals surface area (Å²) in [7, 11) is 0. The van der Waals surface area contributed by atoms with Crippen molar-refractivity contribution in [2.75, 3.05) is 11.9 Å². The second-order valence-electron chi connectivity index (χ2n) is 4.94. The summed E-state index contributed by atoms with van der Waals surface area (Å²) in [6, 6.07) is 11.9. The van der Waals surface area contributed by atoms with Crippen molar-refractivity contribution in [3.05, 3.63) is 65.5 Å². The van der Waals surface area contributed by atoms with Crippen LogP contribution in [0, 0.1) is 5.82 Å². The highest BCUT2D eigenvalue weighted by atomic mass is 19.1. The second kappa shape index (κ2) is 7.87. The summed E-state index contributed by atoms with van der Waals surface area (Å²) < 4.78 is 12.8. The molecule has 0 atom stereocenters. The van der Waals surface area contributed by atoms with Gasteiger partial charge in [-0.25, -0.2) is 4.39 Å². The number of nitrogens with two attached hydrogens (primary N) is 1. The fourth-order valence-electron chi connectivity index (χ4n) is 1.85. The lowest BCUT2D eigenvalue weighted by atomic mass is 10.1. The van der Waals surface area contributed by atoms with Gasteiger partial charge in [0.15, 0.2) is 18.2 Å². The van der Waals surface area contributed by atoms with Gasteiger partial charge in [0, 0.05) is 16.8 Å². The lowest BCUT2D eigenvalue weighted by Gasteiger charge is -2.06. The fourth-order valence-corrected chi connectivity index (χ4v) is 1.85. The van der Waals surface area contributed by atoms with Crippen molar-refractivity contribution in [3.63, 3.8) is 0 Å². The molecule has 2 aromatic rings. The number of amidine groups is 1. The molecule has 2 aromatic carbocycles. The molecule has 1 amide bonds. The zero-order valence-electron chi connectivity index (χ0n) is 13.0. The van der Waals surface area contributed by atoms with E-state index in [-0.39, 0.29) is 24.0 Å². The van der Waals surface area contributed by atoms with E-state index in [1.165, 1.54) is 31.2 Å². The van der Waals surface area contributed by atoms with Gasteiger partial charge in [-0.15, -0.1) is 0 Å². The first-order valence-corrected chi connectivity index (χ1v) is 7.08. The summed E-state index contributed by atoms with van der Waals surface area (Å²) in [5.41, 5.74) is 7.12. The lowest BCUT2D eigenvalue weighted by Crippen LogP contribution is -2.19. The minimum atomic E-state index is -0.452. The second-order valence-corrected chi connectivity index (χ2v) is 4.94. The number of carbonyl (C=O) groups excluding carboxylic acids is 2. The van der Waals surface area contributed by atoms with Crippen LogP contribution in [0.4, 0.5) is 10.1 Å². The van der Waals surface area contributed by atoms with E-state index in [0.29, 0.717) is 16.8 Å². The number of benzene rings is 2. The van der Waals surface area contributed by atoms with Crippen LogP contribution in [0.15, 0.2) is 53.7 Å². The van der Waals surface area contributed by atoms with E-state index in [1.807, 2.05) is 0 Å². The maximum absolute atomic E-state index is 12.8. The Kier molecular flexibility index (Phi) is 5.62. The Morgan fingerprint density at radius 1 is 1.17 bits per heavy atom. The number of oxime groups is 1. The van der Waals surface area contributed by atoms with Gasteiger partial charge in [0.2, 0.25) is 0 Å². The topological polar surface area (TPSA) is 93.8 Å². The number of ketones is 1. The quantitative estimate of drug-likeness (QED) is 0.368. The molecule has 0 aliphatic carbocycles. The zero-order chi connectivity index (χ0) is 17.5. The van der Waals surface area contributed by atoms with Crippen LogP contribution in [0.3, 0.4) is 0 Å². The van der Waals surface area contributed by atoms with Crippen molar-refractivity contribution in [2.24, 2.45) is 10.9 Å². The Labute approximate surface area is 138 Å². The molecule has 0 aromatic heterocycles. The minimum Gasteiger partial charge on any atom is -0.384 e. The summed E-state index contributed by atoms with van der Waals surface area (Å²) >= 11 is 0. The summed E-state index contributed by atoms with van der Waals surface area (Å²) in [6.45, 7) is 1.09. The molecule has 6 nitrogen and oxygen atoms in total. The average molecular weight is 329 g/mol. The largest absolute Gasteiger partial charge is 0.384 e. The average Bonchev–Trinajstić information content (AvgIpc) is 2.55. The molecule has 0 unspecified atom stereocenters. The van der Waals surface area contributed by atoms with Gasteiger partial charge in [0.1, 0.15) is 5.82 Å². The Morgan fingerprint density at radius 2 is 1.88 bits per heavy atom. The molecule has 0 saturated carbocycles. The zero-order valence-corrected chi connectivity index (χ0v) is 13.0. The first-order chi connectivity index (χ1) is 11.5. The van der Waals surface area contributed by atoms with E-state index in [4.69, 9.17) is 10.6 Å². The van der Waals surface area contributed by atoms with Crippen LogP contribution in [0.25, 0.3) is 0 Å². The molecule has 0 aliphatic heterocycles. The predicted octanol–water partition coefficient (Wildman–Crippen LogP) is 2.30. The maximum Gasteiger partial charge on any atom is 0.265 e. The van der Waals surface area contributed by atoms with Crippen molar-refractivity contribution < 1.29 is 18.8 Å². The van der Waals surface area contributed by atoms with Gasteiger partial charge in [-0.05, 0) is 43.3 Å². The van der Waals surface area contributed by atoms with E-state index < -0.39 is 5.91 Å². The smallest absolute Gasteiger partial charge is 0.265 e. The maximum atomic E-state index is 12.8. The fraction of sp³-hybridized carbons (Fsp3) is 0.118. The van der Waals surface area contributed by atoms with E-state index >= 15 is 0 Å². The van der Waals surface area contributed by atoms with Crippen LogP contribution < -0.4 is 11.1 Å². The van der Waals surface area contributed by atoms with Crippen molar-refractivity contribution in [1.82, 2.24) is 0 Å². The monoisotopic (exact) mass is 329 g/mol. The van der Waals surface area contributed by atoms with E-state index in [1.54, 1.807) is 24.3 Å². The number of nitrogens with zero attached hydrogens (tertiary/aromatic N) is 1. The number of Topliss-reactive ketones (excluding diaryl/α,β-unsaturated/α-hetero) is 1. The first-order valence-electron chi connectivity index (χ1n) is 7.08. The minimum absolute atomic E-state index is 0.0291. The normalized spacial score (nSPS) is 11.0. The van der Waals surface area contributed by atoms with Crippen LogP contribution in [0.5, 0.6) is 0 Å². The lowest BCUT2D eigenvalue weighted by molar-refractivity contribution is -0.120. The third kappa shape index (κ3) is 4.91. The number of amides is 1. The molecule has 0 bridgehead atoms. The molecule has 0 fully saturated rings. The molecule has 3 N–H and O–H groups in total. The number of hydrogen-bond acceptors (Lipinski definition) is 4. The van der Waals surface area contributed by atoms with Crippen LogP contribution in [0.1, 0.15) is 22.8 Å². The molecule has 0 spiro atoms. The van der Waals surface area contributed by atoms with Crippen LogP contribution >= 0.6 is 0 Å². The number of anilines is 1. The predicted molar refractivity (Wildman–Crippen MR) is 88.2 cm³/mol. The van der Waals surface area contributed by atoms with Gasteiger partial charge in [0.05, 0.1) is 0 Å². The van der Waals surface area contributed by atoms with Gasteiger partial charge >= 0.3 is 0 Å². The number of rotatable bonds is 6. The van der Waals surface area contributed by atoms with Gasteiger partial charge in [-0.3, -0.25) is 9.59 Å². The van der Waals surface area contributed by atoms with Gasteiger partial charge in [-0.2, -0.15) is 0 Å². The summed E-state index contributed by atoms with van der Waals surface area (Å²) in [5, 5.41) is 6.19. The number of hydrogen-bond donors (Lipinski definition) is 2. The standard InChI is InChI=1S/C17H16FN3O3/c1-11(22)13-3-2-4-15(9-13)20-16(23)10-24-21-17(19)12-5-7-14(18)8-6-12/h2-9H,10H2,1H3,(H2,19,21)(H,20,23). The van der Waals surface area contributed by atoms with Gasteiger partial charge < -0.3 is 15.9 Å². The Bertz CT molecular complexity index is 773. The van der Waals surface area contributed by atoms with E-state index in [9.17, 15) is 14.0 Å².